The van der Waals surface area contributed by atoms with Crippen molar-refractivity contribution in [2.45, 2.75) is 19.5 Å². The van der Waals surface area contributed by atoms with Gasteiger partial charge in [0.25, 0.3) is 0 Å². The predicted octanol–water partition coefficient (Wildman–Crippen LogP) is 3.05. The lowest BCUT2D eigenvalue weighted by atomic mass is 9.94. The molecule has 0 saturated heterocycles. The number of hydrogen-bond acceptors (Lipinski definition) is 3. The quantitative estimate of drug-likeness (QED) is 0.899. The van der Waals surface area contributed by atoms with Crippen LogP contribution in [0.3, 0.4) is 0 Å². The Hall–Kier alpha value is -2.05. The Morgan fingerprint density at radius 1 is 1.53 bits per heavy atom. The molecule has 1 N–H and O–H groups in total. The Labute approximate surface area is 106 Å². The van der Waals surface area contributed by atoms with Crippen LogP contribution in [-0.4, -0.2) is 16.2 Å². The van der Waals surface area contributed by atoms with Gasteiger partial charge in [-0.25, -0.2) is 0 Å². The first-order chi connectivity index (χ1) is 8.80. The molecule has 2 rings (SSSR count). The van der Waals surface area contributed by atoms with Crippen LogP contribution in [0, 0.1) is 12.8 Å². The highest BCUT2D eigenvalue weighted by atomic mass is 19.4. The highest BCUT2D eigenvalue weighted by Gasteiger charge is 2.39. The van der Waals surface area contributed by atoms with Crippen LogP contribution in [-0.2, 0) is 11.0 Å². The summed E-state index contributed by atoms with van der Waals surface area (Å²) in [6.07, 6.45) is 0.0584. The van der Waals surface area contributed by atoms with Gasteiger partial charge in [-0.1, -0.05) is 23.4 Å². The van der Waals surface area contributed by atoms with Crippen molar-refractivity contribution >= 4 is 11.5 Å². The number of halogens is 3. The van der Waals surface area contributed by atoms with Gasteiger partial charge in [0, 0.05) is 5.56 Å². The molecule has 0 aliphatic heterocycles. The van der Waals surface area contributed by atoms with Crippen molar-refractivity contribution in [3.63, 3.8) is 0 Å². The summed E-state index contributed by atoms with van der Waals surface area (Å²) >= 11 is 0. The third-order valence-corrected chi connectivity index (χ3v) is 2.87. The summed E-state index contributed by atoms with van der Waals surface area (Å²) in [7, 11) is 0. The number of allylic oxidation sites excluding steroid dienone is 3. The van der Waals surface area contributed by atoms with Crippen LogP contribution in [0.5, 0.6) is 0 Å². The summed E-state index contributed by atoms with van der Waals surface area (Å²) in [5, 5.41) is 12.2. The topological polar surface area (TPSA) is 63.3 Å². The van der Waals surface area contributed by atoms with Gasteiger partial charge < -0.3 is 9.63 Å². The Bertz CT molecular complexity index is 569. The van der Waals surface area contributed by atoms with E-state index in [2.05, 4.69) is 9.68 Å². The van der Waals surface area contributed by atoms with Crippen molar-refractivity contribution in [2.75, 3.05) is 0 Å². The fourth-order valence-corrected chi connectivity index (χ4v) is 1.85. The molecule has 0 saturated carbocycles. The number of carbonyl (C=O) groups is 1. The third kappa shape index (κ3) is 2.54. The average molecular weight is 273 g/mol. The van der Waals surface area contributed by atoms with Crippen LogP contribution < -0.4 is 0 Å². The van der Waals surface area contributed by atoms with E-state index >= 15 is 0 Å². The fourth-order valence-electron chi connectivity index (χ4n) is 1.85. The van der Waals surface area contributed by atoms with E-state index in [9.17, 15) is 18.0 Å². The normalized spacial score (nSPS) is 19.4. The molecule has 0 bridgehead atoms. The molecule has 0 aromatic carbocycles. The summed E-state index contributed by atoms with van der Waals surface area (Å²) in [6.45, 7) is 1.27. The lowest BCUT2D eigenvalue weighted by Crippen LogP contribution is -2.12. The van der Waals surface area contributed by atoms with Gasteiger partial charge in [-0.05, 0) is 18.9 Å². The monoisotopic (exact) mass is 273 g/mol. The molecule has 1 aliphatic rings. The first-order valence-corrected chi connectivity index (χ1v) is 5.45. The number of aliphatic carboxylic acids is 1. The maximum Gasteiger partial charge on any atom is 0.452 e. The lowest BCUT2D eigenvalue weighted by Gasteiger charge is -2.11. The molecule has 0 amide bonds. The molecule has 1 heterocycles. The Morgan fingerprint density at radius 2 is 2.21 bits per heavy atom. The first-order valence-electron chi connectivity index (χ1n) is 5.45. The number of hydrogen-bond donors (Lipinski definition) is 1. The van der Waals surface area contributed by atoms with Crippen LogP contribution in [0.1, 0.15) is 23.4 Å². The first kappa shape index (κ1) is 13.4. The highest BCUT2D eigenvalue weighted by Crippen LogP contribution is 2.36. The molecular weight excluding hydrogens is 263 g/mol. The largest absolute Gasteiger partial charge is 0.481 e. The van der Waals surface area contributed by atoms with E-state index in [-0.39, 0.29) is 17.7 Å². The van der Waals surface area contributed by atoms with Gasteiger partial charge in [-0.15, -0.1) is 0 Å². The van der Waals surface area contributed by atoms with E-state index in [4.69, 9.17) is 5.11 Å². The van der Waals surface area contributed by atoms with E-state index in [1.165, 1.54) is 19.1 Å². The molecular formula is C12H10F3NO3. The summed E-state index contributed by atoms with van der Waals surface area (Å²) in [5.41, 5.74) is 0.429. The predicted molar refractivity (Wildman–Crippen MR) is 59.1 cm³/mol. The standard InChI is InChI=1S/C12H10F3NO3/c1-6-9(16-19-10(6)12(13,14)15)7-2-4-8(5-3-7)11(17)18/h2-4,8H,5H2,1H3,(H,17,18). The average Bonchev–Trinajstić information content (AvgIpc) is 2.71. The zero-order valence-electron chi connectivity index (χ0n) is 9.86. The number of alkyl halides is 3. The molecule has 0 radical (unpaired) electrons. The maximum atomic E-state index is 12.5. The second-order valence-electron chi connectivity index (χ2n) is 4.18. The SMILES string of the molecule is Cc1c(C2=CCC(C(=O)O)C=C2)noc1C(F)(F)F. The number of rotatable bonds is 2. The van der Waals surface area contributed by atoms with Crippen molar-refractivity contribution in [3.8, 4) is 0 Å². The molecule has 0 fully saturated rings. The van der Waals surface area contributed by atoms with Gasteiger partial charge in [0.05, 0.1) is 5.92 Å². The van der Waals surface area contributed by atoms with Gasteiger partial charge in [-0.2, -0.15) is 13.2 Å². The zero-order valence-corrected chi connectivity index (χ0v) is 9.86. The smallest absolute Gasteiger partial charge is 0.452 e. The Balaban J connectivity index is 2.29. The summed E-state index contributed by atoms with van der Waals surface area (Å²) < 4.78 is 42.0. The number of aromatic nitrogens is 1. The van der Waals surface area contributed by atoms with E-state index in [0.717, 1.165) is 0 Å². The second-order valence-corrected chi connectivity index (χ2v) is 4.18. The maximum absolute atomic E-state index is 12.5. The number of nitrogens with zero attached hydrogens (tertiary/aromatic N) is 1. The van der Waals surface area contributed by atoms with Gasteiger partial charge in [0.1, 0.15) is 5.69 Å². The van der Waals surface area contributed by atoms with Gasteiger partial charge in [0.2, 0.25) is 5.76 Å². The van der Waals surface area contributed by atoms with E-state index in [1.807, 2.05) is 0 Å². The van der Waals surface area contributed by atoms with E-state index in [1.54, 1.807) is 6.08 Å². The summed E-state index contributed by atoms with van der Waals surface area (Å²) in [6, 6.07) is 0. The lowest BCUT2D eigenvalue weighted by molar-refractivity contribution is -0.156. The fraction of sp³-hybridized carbons (Fsp3) is 0.333. The molecule has 19 heavy (non-hydrogen) atoms. The highest BCUT2D eigenvalue weighted by molar-refractivity contribution is 5.80. The third-order valence-electron chi connectivity index (χ3n) is 2.87. The minimum atomic E-state index is -4.59. The van der Waals surface area contributed by atoms with E-state index < -0.39 is 23.8 Å². The van der Waals surface area contributed by atoms with Crippen molar-refractivity contribution in [1.82, 2.24) is 5.16 Å². The molecule has 1 aromatic heterocycles. The van der Waals surface area contributed by atoms with Crippen LogP contribution in [0.15, 0.2) is 22.8 Å². The molecule has 1 atom stereocenters. The molecule has 1 aromatic rings. The number of carboxylic acid groups (broad SMARTS) is 1. The summed E-state index contributed by atoms with van der Waals surface area (Å²) in [5.74, 6) is -2.75. The van der Waals surface area contributed by atoms with E-state index in [0.29, 0.717) is 5.57 Å². The molecule has 4 nitrogen and oxygen atoms in total. The Kier molecular flexibility index (Phi) is 3.21. The van der Waals surface area contributed by atoms with Crippen molar-refractivity contribution in [2.24, 2.45) is 5.92 Å². The number of carboxylic acids is 1. The van der Waals surface area contributed by atoms with Crippen LogP contribution in [0.4, 0.5) is 13.2 Å². The second kappa shape index (κ2) is 4.56. The van der Waals surface area contributed by atoms with Crippen LogP contribution in [0.25, 0.3) is 5.57 Å². The van der Waals surface area contributed by atoms with Gasteiger partial charge in [0.15, 0.2) is 0 Å². The zero-order chi connectivity index (χ0) is 14.2. The molecule has 102 valence electrons. The molecule has 0 spiro atoms. The van der Waals surface area contributed by atoms with Gasteiger partial charge in [-0.3, -0.25) is 4.79 Å². The summed E-state index contributed by atoms with van der Waals surface area (Å²) in [4.78, 5) is 10.7. The Morgan fingerprint density at radius 3 is 2.63 bits per heavy atom. The molecule has 1 aliphatic carbocycles. The van der Waals surface area contributed by atoms with Crippen LogP contribution >= 0.6 is 0 Å². The minimum absolute atomic E-state index is 0.0902. The van der Waals surface area contributed by atoms with Crippen molar-refractivity contribution in [1.29, 1.82) is 0 Å². The van der Waals surface area contributed by atoms with Crippen molar-refractivity contribution in [3.05, 3.63) is 35.2 Å². The van der Waals surface area contributed by atoms with Gasteiger partial charge >= 0.3 is 12.1 Å². The minimum Gasteiger partial charge on any atom is -0.481 e. The molecule has 1 unspecified atom stereocenters. The van der Waals surface area contributed by atoms with Crippen LogP contribution in [0.2, 0.25) is 0 Å². The molecule has 7 heteroatoms. The van der Waals surface area contributed by atoms with Crippen molar-refractivity contribution < 1.29 is 27.6 Å².